The van der Waals surface area contributed by atoms with Crippen molar-refractivity contribution in [3.05, 3.63) is 16.1 Å². The van der Waals surface area contributed by atoms with Crippen LogP contribution in [0.3, 0.4) is 0 Å². The zero-order valence-corrected chi connectivity index (χ0v) is 14.5. The molecule has 1 unspecified atom stereocenters. The summed E-state index contributed by atoms with van der Waals surface area (Å²) in [5.74, 6) is 0.895. The van der Waals surface area contributed by atoms with Crippen LogP contribution in [-0.2, 0) is 6.54 Å². The molecule has 2 fully saturated rings. The summed E-state index contributed by atoms with van der Waals surface area (Å²) in [6.45, 7) is 5.16. The second kappa shape index (κ2) is 7.42. The highest BCUT2D eigenvalue weighted by Gasteiger charge is 2.30. The second-order valence-corrected chi connectivity index (χ2v) is 7.31. The predicted octanol–water partition coefficient (Wildman–Crippen LogP) is 2.13. The van der Waals surface area contributed by atoms with Crippen LogP contribution < -0.4 is 10.6 Å². The number of hydrogen-bond donors (Lipinski definition) is 2. The van der Waals surface area contributed by atoms with Crippen molar-refractivity contribution in [3.63, 3.8) is 0 Å². The largest absolute Gasteiger partial charge is 0.352 e. The van der Waals surface area contributed by atoms with Gasteiger partial charge in [0.05, 0.1) is 6.54 Å². The molecule has 0 radical (unpaired) electrons. The normalized spacial score (nSPS) is 24.1. The van der Waals surface area contributed by atoms with Crippen LogP contribution in [0.1, 0.15) is 42.8 Å². The minimum Gasteiger partial charge on any atom is -0.352 e. The van der Waals surface area contributed by atoms with E-state index in [-0.39, 0.29) is 0 Å². The zero-order chi connectivity index (χ0) is 15.4. The van der Waals surface area contributed by atoms with Crippen LogP contribution in [-0.4, -0.2) is 48.1 Å². The number of nitrogens with zero attached hydrogens (tertiary/aromatic N) is 3. The molecule has 0 aromatic carbocycles. The van der Waals surface area contributed by atoms with Crippen molar-refractivity contribution in [3.8, 4) is 0 Å². The maximum absolute atomic E-state index is 4.48. The Morgan fingerprint density at radius 1 is 1.41 bits per heavy atom. The van der Waals surface area contributed by atoms with Crippen molar-refractivity contribution < 1.29 is 0 Å². The molecule has 22 heavy (non-hydrogen) atoms. The van der Waals surface area contributed by atoms with Crippen molar-refractivity contribution in [1.29, 1.82) is 0 Å². The number of hydrogen-bond acceptors (Lipinski definition) is 4. The first-order valence-electron chi connectivity index (χ1n) is 8.37. The SMILES string of the molecule is CN=C(NCc1nc(C)cs1)NC1CCN(C2CCCC2)C1. The van der Waals surface area contributed by atoms with Gasteiger partial charge in [-0.2, -0.15) is 0 Å². The van der Waals surface area contributed by atoms with E-state index in [4.69, 9.17) is 0 Å². The summed E-state index contributed by atoms with van der Waals surface area (Å²) in [6.07, 6.45) is 6.82. The molecule has 1 atom stereocenters. The van der Waals surface area contributed by atoms with Crippen LogP contribution >= 0.6 is 11.3 Å². The van der Waals surface area contributed by atoms with Gasteiger partial charge in [-0.1, -0.05) is 12.8 Å². The van der Waals surface area contributed by atoms with E-state index in [9.17, 15) is 0 Å². The maximum Gasteiger partial charge on any atom is 0.191 e. The molecule has 122 valence electrons. The Morgan fingerprint density at radius 3 is 2.91 bits per heavy atom. The van der Waals surface area contributed by atoms with Crippen LogP contribution in [0.4, 0.5) is 0 Å². The fourth-order valence-electron chi connectivity index (χ4n) is 3.54. The number of likely N-dealkylation sites (tertiary alicyclic amines) is 1. The number of aliphatic imine (C=N–C) groups is 1. The lowest BCUT2D eigenvalue weighted by Crippen LogP contribution is -2.45. The number of rotatable bonds is 4. The van der Waals surface area contributed by atoms with Gasteiger partial charge in [0.15, 0.2) is 5.96 Å². The molecule has 0 amide bonds. The van der Waals surface area contributed by atoms with Gasteiger partial charge in [-0.15, -0.1) is 11.3 Å². The van der Waals surface area contributed by atoms with E-state index >= 15 is 0 Å². The Morgan fingerprint density at radius 2 is 2.23 bits per heavy atom. The van der Waals surface area contributed by atoms with E-state index < -0.39 is 0 Å². The topological polar surface area (TPSA) is 52.6 Å². The first-order chi connectivity index (χ1) is 10.7. The lowest BCUT2D eigenvalue weighted by Gasteiger charge is -2.24. The van der Waals surface area contributed by atoms with Gasteiger partial charge >= 0.3 is 0 Å². The Bertz CT molecular complexity index is 506. The average Bonchev–Trinajstić information content (AvgIpc) is 3.24. The summed E-state index contributed by atoms with van der Waals surface area (Å²) >= 11 is 1.70. The van der Waals surface area contributed by atoms with Crippen LogP contribution in [0, 0.1) is 6.92 Å². The Labute approximate surface area is 137 Å². The van der Waals surface area contributed by atoms with Gasteiger partial charge < -0.3 is 10.6 Å². The zero-order valence-electron chi connectivity index (χ0n) is 13.6. The minimum absolute atomic E-state index is 0.518. The highest BCUT2D eigenvalue weighted by Crippen LogP contribution is 2.26. The van der Waals surface area contributed by atoms with Gasteiger partial charge in [-0.05, 0) is 26.2 Å². The molecule has 2 heterocycles. The Hall–Kier alpha value is -1.14. The third-order valence-electron chi connectivity index (χ3n) is 4.70. The molecular weight excluding hydrogens is 294 g/mol. The van der Waals surface area contributed by atoms with Gasteiger partial charge in [0, 0.05) is 43.3 Å². The molecule has 1 aliphatic heterocycles. The van der Waals surface area contributed by atoms with Gasteiger partial charge in [-0.25, -0.2) is 4.98 Å². The molecule has 0 bridgehead atoms. The quantitative estimate of drug-likeness (QED) is 0.659. The van der Waals surface area contributed by atoms with E-state index in [2.05, 4.69) is 30.9 Å². The first kappa shape index (κ1) is 15.7. The van der Waals surface area contributed by atoms with Gasteiger partial charge in [0.1, 0.15) is 5.01 Å². The first-order valence-corrected chi connectivity index (χ1v) is 9.25. The van der Waals surface area contributed by atoms with E-state index in [0.717, 1.165) is 35.8 Å². The van der Waals surface area contributed by atoms with Crippen molar-refractivity contribution in [1.82, 2.24) is 20.5 Å². The van der Waals surface area contributed by atoms with Crippen molar-refractivity contribution in [2.24, 2.45) is 4.99 Å². The molecule has 0 spiro atoms. The smallest absolute Gasteiger partial charge is 0.191 e. The second-order valence-electron chi connectivity index (χ2n) is 6.37. The fourth-order valence-corrected chi connectivity index (χ4v) is 4.25. The summed E-state index contributed by atoms with van der Waals surface area (Å²) in [4.78, 5) is 11.5. The number of nitrogens with one attached hydrogen (secondary N) is 2. The Balaban J connectivity index is 1.44. The molecule has 1 saturated heterocycles. The number of aryl methyl sites for hydroxylation is 1. The van der Waals surface area contributed by atoms with Crippen molar-refractivity contribution in [2.45, 2.75) is 57.7 Å². The van der Waals surface area contributed by atoms with Crippen LogP contribution in [0.2, 0.25) is 0 Å². The number of thiazole rings is 1. The molecule has 5 nitrogen and oxygen atoms in total. The molecule has 2 N–H and O–H groups in total. The highest BCUT2D eigenvalue weighted by molar-refractivity contribution is 7.09. The monoisotopic (exact) mass is 321 g/mol. The van der Waals surface area contributed by atoms with E-state index in [1.807, 2.05) is 14.0 Å². The summed E-state index contributed by atoms with van der Waals surface area (Å²) in [5.41, 5.74) is 1.09. The maximum atomic E-state index is 4.48. The van der Waals surface area contributed by atoms with E-state index in [1.165, 1.54) is 38.6 Å². The molecule has 1 aromatic heterocycles. The van der Waals surface area contributed by atoms with Gasteiger partial charge in [0.2, 0.25) is 0 Å². The van der Waals surface area contributed by atoms with Crippen molar-refractivity contribution in [2.75, 3.05) is 20.1 Å². The van der Waals surface area contributed by atoms with Gasteiger partial charge in [-0.3, -0.25) is 9.89 Å². The molecule has 3 rings (SSSR count). The lowest BCUT2D eigenvalue weighted by atomic mass is 10.2. The molecular formula is C16H27N5S. The van der Waals surface area contributed by atoms with Crippen LogP contribution in [0.15, 0.2) is 10.4 Å². The van der Waals surface area contributed by atoms with Crippen molar-refractivity contribution >= 4 is 17.3 Å². The van der Waals surface area contributed by atoms with E-state index in [0.29, 0.717) is 6.04 Å². The summed E-state index contributed by atoms with van der Waals surface area (Å²) in [5, 5.41) is 10.1. The van der Waals surface area contributed by atoms with Gasteiger partial charge in [0.25, 0.3) is 0 Å². The summed E-state index contributed by atoms with van der Waals surface area (Å²) in [7, 11) is 1.84. The molecule has 6 heteroatoms. The third-order valence-corrected chi connectivity index (χ3v) is 5.67. The number of guanidine groups is 1. The molecule has 1 aromatic rings. The van der Waals surface area contributed by atoms with Crippen LogP contribution in [0.5, 0.6) is 0 Å². The minimum atomic E-state index is 0.518. The standard InChI is InChI=1S/C16H27N5S/c1-12-11-22-15(19-12)9-18-16(17-2)20-13-7-8-21(10-13)14-5-3-4-6-14/h11,13-14H,3-10H2,1-2H3,(H2,17,18,20). The van der Waals surface area contributed by atoms with Crippen LogP contribution in [0.25, 0.3) is 0 Å². The average molecular weight is 321 g/mol. The number of aromatic nitrogens is 1. The molecule has 2 aliphatic rings. The van der Waals surface area contributed by atoms with E-state index in [1.54, 1.807) is 11.3 Å². The highest BCUT2D eigenvalue weighted by atomic mass is 32.1. The lowest BCUT2D eigenvalue weighted by molar-refractivity contribution is 0.242. The predicted molar refractivity (Wildman–Crippen MR) is 92.4 cm³/mol. The fraction of sp³-hybridized carbons (Fsp3) is 0.750. The molecule has 1 aliphatic carbocycles. The summed E-state index contributed by atoms with van der Waals surface area (Å²) in [6, 6.07) is 1.35. The Kier molecular flexibility index (Phi) is 5.31. The third kappa shape index (κ3) is 3.98. The molecule has 1 saturated carbocycles. The summed E-state index contributed by atoms with van der Waals surface area (Å²) < 4.78 is 0.